The van der Waals surface area contributed by atoms with Crippen molar-refractivity contribution in [2.24, 2.45) is 0 Å². The number of carbonyl (C=O) groups excluding carboxylic acids is 2. The minimum atomic E-state index is -0.340. The van der Waals surface area contributed by atoms with E-state index >= 15 is 0 Å². The number of fused-ring (bicyclic) bond motifs is 1. The van der Waals surface area contributed by atoms with Gasteiger partial charge in [-0.2, -0.15) is 0 Å². The lowest BCUT2D eigenvalue weighted by Crippen LogP contribution is -2.26. The standard InChI is InChI=1S/C30H23N3O3/c1-36-21-9-5-17(6-10-21)20-7-11-24-22(15-20)23(16-31-24)26-27(30(35)32-29(26)34)25-12-8-18-3-2-4-19-13-14-33(25)28(18)19/h2-7,9-11,13-16,25,31H,8,12H2,1H3,(H,32,34,35). The first-order valence-corrected chi connectivity index (χ1v) is 12.1. The van der Waals surface area contributed by atoms with Crippen LogP contribution in [0.5, 0.6) is 5.75 Å². The summed E-state index contributed by atoms with van der Waals surface area (Å²) in [5.41, 5.74) is 7.17. The Morgan fingerprint density at radius 1 is 0.944 bits per heavy atom. The zero-order valence-corrected chi connectivity index (χ0v) is 19.7. The summed E-state index contributed by atoms with van der Waals surface area (Å²) in [7, 11) is 1.65. The second-order valence-corrected chi connectivity index (χ2v) is 9.40. The maximum Gasteiger partial charge on any atom is 0.259 e. The van der Waals surface area contributed by atoms with E-state index in [1.54, 1.807) is 7.11 Å². The summed E-state index contributed by atoms with van der Waals surface area (Å²) in [5, 5.41) is 4.65. The lowest BCUT2D eigenvalue weighted by molar-refractivity contribution is -0.123. The average molecular weight is 474 g/mol. The van der Waals surface area contributed by atoms with E-state index in [9.17, 15) is 9.59 Å². The number of amides is 2. The van der Waals surface area contributed by atoms with Gasteiger partial charge in [-0.25, -0.2) is 0 Å². The first-order valence-electron chi connectivity index (χ1n) is 12.1. The maximum absolute atomic E-state index is 13.2. The van der Waals surface area contributed by atoms with Crippen LogP contribution >= 0.6 is 0 Å². The van der Waals surface area contributed by atoms with Gasteiger partial charge in [0, 0.05) is 28.9 Å². The zero-order chi connectivity index (χ0) is 24.4. The number of methoxy groups -OCH3 is 1. The number of benzene rings is 3. The number of nitrogens with zero attached hydrogens (tertiary/aromatic N) is 1. The van der Waals surface area contributed by atoms with Crippen LogP contribution in [0.3, 0.4) is 0 Å². The first-order chi connectivity index (χ1) is 17.6. The minimum Gasteiger partial charge on any atom is -0.497 e. The molecule has 2 aliphatic heterocycles. The van der Waals surface area contributed by atoms with Gasteiger partial charge in [-0.3, -0.25) is 14.9 Å². The van der Waals surface area contributed by atoms with E-state index in [-0.39, 0.29) is 17.9 Å². The van der Waals surface area contributed by atoms with Crippen molar-refractivity contribution in [2.75, 3.05) is 7.11 Å². The van der Waals surface area contributed by atoms with Crippen LogP contribution in [0.25, 0.3) is 38.5 Å². The number of aryl methyl sites for hydroxylation is 1. The Balaban J connectivity index is 1.40. The number of carbonyl (C=O) groups is 2. The third-order valence-electron chi connectivity index (χ3n) is 7.52. The highest BCUT2D eigenvalue weighted by molar-refractivity contribution is 6.37. The summed E-state index contributed by atoms with van der Waals surface area (Å²) in [6.45, 7) is 0. The molecule has 2 N–H and O–H groups in total. The van der Waals surface area contributed by atoms with Gasteiger partial charge in [0.1, 0.15) is 5.75 Å². The van der Waals surface area contributed by atoms with E-state index in [1.807, 2.05) is 48.8 Å². The number of aromatic nitrogens is 2. The molecule has 1 unspecified atom stereocenters. The van der Waals surface area contributed by atoms with Gasteiger partial charge in [0.25, 0.3) is 11.8 Å². The highest BCUT2D eigenvalue weighted by atomic mass is 16.5. The molecule has 0 fully saturated rings. The molecule has 7 rings (SSSR count). The molecule has 2 aliphatic rings. The van der Waals surface area contributed by atoms with Crippen LogP contribution in [-0.4, -0.2) is 28.5 Å². The summed E-state index contributed by atoms with van der Waals surface area (Å²) >= 11 is 0. The van der Waals surface area contributed by atoms with Gasteiger partial charge in [0.15, 0.2) is 0 Å². The van der Waals surface area contributed by atoms with Crippen molar-refractivity contribution in [3.8, 4) is 16.9 Å². The van der Waals surface area contributed by atoms with Crippen molar-refractivity contribution < 1.29 is 14.3 Å². The molecule has 5 aromatic rings. The number of rotatable bonds is 4. The van der Waals surface area contributed by atoms with E-state index in [2.05, 4.69) is 45.2 Å². The Hall–Kier alpha value is -4.58. The van der Waals surface area contributed by atoms with E-state index in [4.69, 9.17) is 4.74 Å². The minimum absolute atomic E-state index is 0.200. The molecule has 3 aromatic carbocycles. The Labute approximate surface area is 207 Å². The molecule has 0 saturated carbocycles. The van der Waals surface area contributed by atoms with E-state index in [1.165, 1.54) is 5.56 Å². The second-order valence-electron chi connectivity index (χ2n) is 9.40. The topological polar surface area (TPSA) is 76.1 Å². The predicted octanol–water partition coefficient (Wildman–Crippen LogP) is 5.40. The fourth-order valence-corrected chi connectivity index (χ4v) is 5.82. The number of hydrogen-bond donors (Lipinski definition) is 2. The molecule has 2 amide bonds. The summed E-state index contributed by atoms with van der Waals surface area (Å²) in [4.78, 5) is 29.7. The van der Waals surface area contributed by atoms with Crippen LogP contribution in [0, 0.1) is 0 Å². The Kier molecular flexibility index (Phi) is 4.45. The smallest absolute Gasteiger partial charge is 0.259 e. The SMILES string of the molecule is COc1ccc(-c2ccc3[nH]cc(C4=C(C5CCc6cccc7ccn5c67)C(=O)NC4=O)c3c2)cc1. The Morgan fingerprint density at radius 3 is 2.61 bits per heavy atom. The van der Waals surface area contributed by atoms with Crippen LogP contribution in [0.2, 0.25) is 0 Å². The Bertz CT molecular complexity index is 1740. The largest absolute Gasteiger partial charge is 0.497 e. The fourth-order valence-electron chi connectivity index (χ4n) is 5.82. The third kappa shape index (κ3) is 2.97. The second kappa shape index (κ2) is 7.71. The fraction of sp³-hybridized carbons (Fsp3) is 0.133. The number of hydrogen-bond acceptors (Lipinski definition) is 3. The van der Waals surface area contributed by atoms with Gasteiger partial charge >= 0.3 is 0 Å². The van der Waals surface area contributed by atoms with Crippen LogP contribution in [0.15, 0.2) is 84.7 Å². The summed E-state index contributed by atoms with van der Waals surface area (Å²) in [5.74, 6) is 0.154. The molecule has 6 heteroatoms. The first kappa shape index (κ1) is 20.8. The van der Waals surface area contributed by atoms with Crippen molar-refractivity contribution in [3.05, 3.63) is 95.8 Å². The molecule has 6 nitrogen and oxygen atoms in total. The number of nitrogens with one attached hydrogen (secondary N) is 2. The third-order valence-corrected chi connectivity index (χ3v) is 7.52. The molecule has 176 valence electrons. The van der Waals surface area contributed by atoms with Gasteiger partial charge in [0.2, 0.25) is 0 Å². The molecule has 4 heterocycles. The average Bonchev–Trinajstić information content (AvgIpc) is 3.60. The number of H-pyrrole nitrogens is 1. The lowest BCUT2D eigenvalue weighted by Gasteiger charge is -2.27. The van der Waals surface area contributed by atoms with Gasteiger partial charge in [-0.15, -0.1) is 0 Å². The number of para-hydroxylation sites is 1. The number of aromatic amines is 1. The van der Waals surface area contributed by atoms with Gasteiger partial charge in [-0.05, 0) is 65.3 Å². The van der Waals surface area contributed by atoms with Gasteiger partial charge in [-0.1, -0.05) is 36.4 Å². The van der Waals surface area contributed by atoms with Crippen molar-refractivity contribution in [2.45, 2.75) is 18.9 Å². The van der Waals surface area contributed by atoms with Crippen molar-refractivity contribution >= 4 is 39.2 Å². The Morgan fingerprint density at radius 2 is 1.78 bits per heavy atom. The number of ether oxygens (including phenoxy) is 1. The normalized spacial score (nSPS) is 17.3. The van der Waals surface area contributed by atoms with E-state index in [0.717, 1.165) is 57.1 Å². The number of imide groups is 1. The van der Waals surface area contributed by atoms with Crippen LogP contribution in [0.1, 0.15) is 23.6 Å². The van der Waals surface area contributed by atoms with E-state index in [0.29, 0.717) is 11.1 Å². The molecule has 0 radical (unpaired) electrons. The summed E-state index contributed by atoms with van der Waals surface area (Å²) in [6, 6.07) is 22.2. The summed E-state index contributed by atoms with van der Waals surface area (Å²) in [6.07, 6.45) is 5.51. The van der Waals surface area contributed by atoms with Crippen molar-refractivity contribution in [3.63, 3.8) is 0 Å². The highest BCUT2D eigenvalue weighted by Crippen LogP contribution is 2.42. The lowest BCUT2D eigenvalue weighted by atomic mass is 9.89. The highest BCUT2D eigenvalue weighted by Gasteiger charge is 2.39. The van der Waals surface area contributed by atoms with Crippen molar-refractivity contribution in [1.29, 1.82) is 0 Å². The molecular weight excluding hydrogens is 450 g/mol. The van der Waals surface area contributed by atoms with Crippen LogP contribution in [0.4, 0.5) is 0 Å². The molecule has 0 aliphatic carbocycles. The van der Waals surface area contributed by atoms with Crippen LogP contribution < -0.4 is 10.1 Å². The molecule has 36 heavy (non-hydrogen) atoms. The molecule has 0 spiro atoms. The molecular formula is C30H23N3O3. The zero-order valence-electron chi connectivity index (χ0n) is 19.7. The predicted molar refractivity (Wildman–Crippen MR) is 140 cm³/mol. The maximum atomic E-state index is 13.2. The van der Waals surface area contributed by atoms with Gasteiger partial charge in [0.05, 0.1) is 29.8 Å². The molecule has 2 aromatic heterocycles. The molecule has 0 saturated heterocycles. The van der Waals surface area contributed by atoms with Crippen molar-refractivity contribution in [1.82, 2.24) is 14.9 Å². The molecule has 1 atom stereocenters. The van der Waals surface area contributed by atoms with E-state index < -0.39 is 0 Å². The summed E-state index contributed by atoms with van der Waals surface area (Å²) < 4.78 is 7.45. The monoisotopic (exact) mass is 473 g/mol. The van der Waals surface area contributed by atoms with Gasteiger partial charge < -0.3 is 14.3 Å². The van der Waals surface area contributed by atoms with Crippen LogP contribution in [-0.2, 0) is 16.0 Å². The molecule has 0 bridgehead atoms. The quantitative estimate of drug-likeness (QED) is 0.344.